The lowest BCUT2D eigenvalue weighted by Gasteiger charge is -2.43. The van der Waals surface area contributed by atoms with E-state index in [4.69, 9.17) is 19.6 Å². The Morgan fingerprint density at radius 1 is 1.43 bits per heavy atom. The molecule has 1 amide bonds. The lowest BCUT2D eigenvalue weighted by atomic mass is 9.98. The smallest absolute Gasteiger partial charge is 0.409 e. The number of aromatic nitrogens is 1. The SMILES string of the molecule is CC(C)(C)[Si](C)(C)OC1(c2cc(OC(N)=O)ccn2)CCOC1. The molecule has 2 heterocycles. The Hall–Kier alpha value is -1.44. The average molecular weight is 338 g/mol. The van der Waals surface area contributed by atoms with Crippen LogP contribution in [0.3, 0.4) is 0 Å². The number of amides is 1. The largest absolute Gasteiger partial charge is 0.410 e. The molecule has 1 fully saturated rings. The van der Waals surface area contributed by atoms with Gasteiger partial charge in [-0.1, -0.05) is 20.8 Å². The summed E-state index contributed by atoms with van der Waals surface area (Å²) in [6, 6.07) is 3.32. The van der Waals surface area contributed by atoms with E-state index in [1.807, 2.05) is 0 Å². The third kappa shape index (κ3) is 3.91. The van der Waals surface area contributed by atoms with Crippen LogP contribution < -0.4 is 10.5 Å². The fourth-order valence-electron chi connectivity index (χ4n) is 2.36. The van der Waals surface area contributed by atoms with Crippen LogP contribution in [0, 0.1) is 0 Å². The van der Waals surface area contributed by atoms with Crippen LogP contribution in [0.4, 0.5) is 4.79 Å². The van der Waals surface area contributed by atoms with Crippen LogP contribution in [0.5, 0.6) is 5.75 Å². The van der Waals surface area contributed by atoms with Crippen molar-refractivity contribution in [1.29, 1.82) is 0 Å². The molecule has 6 nitrogen and oxygen atoms in total. The first kappa shape index (κ1) is 17.9. The van der Waals surface area contributed by atoms with Gasteiger partial charge in [-0.2, -0.15) is 0 Å². The van der Waals surface area contributed by atoms with Crippen molar-refractivity contribution in [3.63, 3.8) is 0 Å². The summed E-state index contributed by atoms with van der Waals surface area (Å²) in [6.07, 6.45) is 1.49. The molecule has 1 aromatic rings. The van der Waals surface area contributed by atoms with E-state index in [1.165, 1.54) is 0 Å². The molecular weight excluding hydrogens is 312 g/mol. The van der Waals surface area contributed by atoms with E-state index in [0.717, 1.165) is 12.1 Å². The van der Waals surface area contributed by atoms with E-state index in [9.17, 15) is 4.79 Å². The van der Waals surface area contributed by atoms with Gasteiger partial charge in [0, 0.05) is 25.3 Å². The predicted octanol–water partition coefficient (Wildman–Crippen LogP) is 3.18. The first-order chi connectivity index (χ1) is 10.6. The normalized spacial score (nSPS) is 22.1. The van der Waals surface area contributed by atoms with E-state index in [1.54, 1.807) is 18.3 Å². The number of ether oxygens (including phenoxy) is 2. The second-order valence-electron chi connectivity index (χ2n) is 7.46. The van der Waals surface area contributed by atoms with Gasteiger partial charge in [-0.3, -0.25) is 4.98 Å². The van der Waals surface area contributed by atoms with Gasteiger partial charge in [-0.25, -0.2) is 4.79 Å². The number of pyridine rings is 1. The minimum absolute atomic E-state index is 0.0733. The zero-order chi connectivity index (χ0) is 17.3. The maximum atomic E-state index is 11.0. The molecule has 1 aromatic heterocycles. The van der Waals surface area contributed by atoms with Crippen molar-refractivity contribution in [2.24, 2.45) is 5.73 Å². The molecule has 23 heavy (non-hydrogen) atoms. The Morgan fingerprint density at radius 2 is 2.13 bits per heavy atom. The molecule has 1 aliphatic rings. The molecule has 1 aliphatic heterocycles. The monoisotopic (exact) mass is 338 g/mol. The molecule has 0 radical (unpaired) electrons. The Bertz CT molecular complexity index is 578. The zero-order valence-electron chi connectivity index (χ0n) is 14.5. The molecule has 0 aromatic carbocycles. The van der Waals surface area contributed by atoms with Gasteiger partial charge in [0.2, 0.25) is 0 Å². The number of nitrogens with zero attached hydrogens (tertiary/aromatic N) is 1. The molecule has 2 N–H and O–H groups in total. The highest BCUT2D eigenvalue weighted by molar-refractivity contribution is 6.74. The molecule has 1 saturated heterocycles. The van der Waals surface area contributed by atoms with E-state index < -0.39 is 20.0 Å². The Kier molecular flexibility index (Phi) is 4.84. The zero-order valence-corrected chi connectivity index (χ0v) is 15.5. The highest BCUT2D eigenvalue weighted by Gasteiger charge is 2.48. The third-order valence-electron chi connectivity index (χ3n) is 4.66. The van der Waals surface area contributed by atoms with Crippen molar-refractivity contribution >= 4 is 14.4 Å². The van der Waals surface area contributed by atoms with Crippen molar-refractivity contribution in [3.05, 3.63) is 24.0 Å². The van der Waals surface area contributed by atoms with Gasteiger partial charge < -0.3 is 19.6 Å². The second kappa shape index (κ2) is 6.22. The predicted molar refractivity (Wildman–Crippen MR) is 89.8 cm³/mol. The van der Waals surface area contributed by atoms with Crippen molar-refractivity contribution < 1.29 is 18.7 Å². The summed E-state index contributed by atoms with van der Waals surface area (Å²) in [5.74, 6) is 0.368. The highest BCUT2D eigenvalue weighted by atomic mass is 28.4. The highest BCUT2D eigenvalue weighted by Crippen LogP contribution is 2.44. The summed E-state index contributed by atoms with van der Waals surface area (Å²) in [6.45, 7) is 12.1. The van der Waals surface area contributed by atoms with Gasteiger partial charge in [-0.05, 0) is 24.2 Å². The first-order valence-electron chi connectivity index (χ1n) is 7.77. The molecule has 128 valence electrons. The van der Waals surface area contributed by atoms with Crippen molar-refractivity contribution in [3.8, 4) is 5.75 Å². The lowest BCUT2D eigenvalue weighted by molar-refractivity contribution is 0.0306. The van der Waals surface area contributed by atoms with Gasteiger partial charge in [0.05, 0.1) is 12.3 Å². The molecule has 0 spiro atoms. The van der Waals surface area contributed by atoms with Crippen molar-refractivity contribution in [2.75, 3.05) is 13.2 Å². The average Bonchev–Trinajstić information content (AvgIpc) is 2.86. The quantitative estimate of drug-likeness (QED) is 0.852. The summed E-state index contributed by atoms with van der Waals surface area (Å²) >= 11 is 0. The van der Waals surface area contributed by atoms with E-state index in [2.05, 4.69) is 38.8 Å². The lowest BCUT2D eigenvalue weighted by Crippen LogP contribution is -2.49. The number of primary amides is 1. The minimum atomic E-state index is -2.03. The minimum Gasteiger partial charge on any atom is -0.410 e. The first-order valence-corrected chi connectivity index (χ1v) is 10.7. The summed E-state index contributed by atoms with van der Waals surface area (Å²) in [5, 5.41) is 0.0733. The van der Waals surface area contributed by atoms with E-state index >= 15 is 0 Å². The Balaban J connectivity index is 2.36. The molecule has 7 heteroatoms. The molecule has 1 unspecified atom stereocenters. The summed E-state index contributed by atoms with van der Waals surface area (Å²) in [5.41, 5.74) is 5.21. The summed E-state index contributed by atoms with van der Waals surface area (Å²) < 4.78 is 17.3. The van der Waals surface area contributed by atoms with Crippen LogP contribution in [0.1, 0.15) is 32.9 Å². The fourth-order valence-corrected chi connectivity index (χ4v) is 3.91. The third-order valence-corrected chi connectivity index (χ3v) is 9.17. The summed E-state index contributed by atoms with van der Waals surface area (Å²) in [7, 11) is -2.03. The molecular formula is C16H26N2O4Si. The molecule has 0 saturated carbocycles. The van der Waals surface area contributed by atoms with E-state index in [-0.39, 0.29) is 5.04 Å². The number of rotatable bonds is 4. The summed E-state index contributed by atoms with van der Waals surface area (Å²) in [4.78, 5) is 15.4. The maximum Gasteiger partial charge on any atom is 0.409 e. The Labute approximate surface area is 138 Å². The van der Waals surface area contributed by atoms with Crippen LogP contribution in [0.2, 0.25) is 18.1 Å². The molecule has 1 atom stereocenters. The topological polar surface area (TPSA) is 83.7 Å². The maximum absolute atomic E-state index is 11.0. The number of carbonyl (C=O) groups excluding carboxylic acids is 1. The van der Waals surface area contributed by atoms with Crippen LogP contribution in [-0.4, -0.2) is 32.6 Å². The van der Waals surface area contributed by atoms with Crippen LogP contribution in [0.15, 0.2) is 18.3 Å². The van der Waals surface area contributed by atoms with Crippen LogP contribution in [-0.2, 0) is 14.8 Å². The number of carbonyl (C=O) groups is 1. The molecule has 0 bridgehead atoms. The van der Waals surface area contributed by atoms with Gasteiger partial charge in [-0.15, -0.1) is 0 Å². The molecule has 2 rings (SSSR count). The van der Waals surface area contributed by atoms with Crippen molar-refractivity contribution in [1.82, 2.24) is 4.98 Å². The Morgan fingerprint density at radius 3 is 2.65 bits per heavy atom. The number of hydrogen-bond donors (Lipinski definition) is 1. The van der Waals surface area contributed by atoms with Gasteiger partial charge in [0.25, 0.3) is 0 Å². The molecule has 0 aliphatic carbocycles. The van der Waals surface area contributed by atoms with Gasteiger partial charge in [0.15, 0.2) is 8.32 Å². The van der Waals surface area contributed by atoms with Crippen LogP contribution >= 0.6 is 0 Å². The van der Waals surface area contributed by atoms with Gasteiger partial charge >= 0.3 is 6.09 Å². The van der Waals surface area contributed by atoms with Gasteiger partial charge in [0.1, 0.15) is 11.4 Å². The fraction of sp³-hybridized carbons (Fsp3) is 0.625. The van der Waals surface area contributed by atoms with E-state index in [0.29, 0.717) is 19.0 Å². The number of nitrogens with two attached hydrogens (primary N) is 1. The number of hydrogen-bond acceptors (Lipinski definition) is 5. The van der Waals surface area contributed by atoms with Crippen molar-refractivity contribution in [2.45, 2.75) is 50.9 Å². The standard InChI is InChI=1S/C16H26N2O4Si/c1-15(2,3)23(4,5)22-16(7-9-20-11-16)13-10-12(6-8-18-13)21-14(17)19/h6,8,10H,7,9,11H2,1-5H3,(H2,17,19). The second-order valence-corrected chi connectivity index (χ2v) is 12.2. The van der Waals surface area contributed by atoms with Crippen LogP contribution in [0.25, 0.3) is 0 Å².